The van der Waals surface area contributed by atoms with Gasteiger partial charge in [0, 0.05) is 11.7 Å². The van der Waals surface area contributed by atoms with E-state index in [1.165, 1.54) is 0 Å². The van der Waals surface area contributed by atoms with Crippen LogP contribution in [0.3, 0.4) is 0 Å². The molecule has 1 aromatic rings. The first-order valence-electron chi connectivity index (χ1n) is 7.39. The van der Waals surface area contributed by atoms with Crippen molar-refractivity contribution in [3.05, 3.63) is 24.3 Å². The Bertz CT molecular complexity index is 473. The number of amides is 1. The van der Waals surface area contributed by atoms with Crippen molar-refractivity contribution in [1.29, 1.82) is 0 Å². The summed E-state index contributed by atoms with van der Waals surface area (Å²) >= 11 is 0. The van der Waals surface area contributed by atoms with Crippen molar-refractivity contribution in [2.24, 2.45) is 0 Å². The maximum absolute atomic E-state index is 12.6. The fourth-order valence-corrected chi connectivity index (χ4v) is 2.45. The summed E-state index contributed by atoms with van der Waals surface area (Å²) in [5, 5.41) is 12.7. The number of benzene rings is 1. The molecule has 116 valence electrons. The van der Waals surface area contributed by atoms with Crippen LogP contribution in [0.15, 0.2) is 24.3 Å². The number of piperidine rings is 1. The predicted molar refractivity (Wildman–Crippen MR) is 82.7 cm³/mol. The van der Waals surface area contributed by atoms with Crippen LogP contribution in [0.2, 0.25) is 0 Å². The molecule has 1 aliphatic heterocycles. The molecule has 1 aromatic carbocycles. The van der Waals surface area contributed by atoms with Gasteiger partial charge in [-0.1, -0.05) is 0 Å². The van der Waals surface area contributed by atoms with Gasteiger partial charge in [0.1, 0.15) is 11.4 Å². The van der Waals surface area contributed by atoms with E-state index in [9.17, 15) is 9.90 Å². The molecule has 0 bridgehead atoms. The number of aromatic hydroxyl groups is 1. The Balaban J connectivity index is 2.24. The zero-order chi connectivity index (χ0) is 15.5. The Kier molecular flexibility index (Phi) is 4.73. The lowest BCUT2D eigenvalue weighted by atomic mass is 10.0. The van der Waals surface area contributed by atoms with Gasteiger partial charge in [-0.3, -0.25) is 4.90 Å². The number of anilines is 1. The van der Waals surface area contributed by atoms with Gasteiger partial charge < -0.3 is 15.2 Å². The molecule has 0 atom stereocenters. The van der Waals surface area contributed by atoms with Crippen LogP contribution in [0, 0.1) is 0 Å². The smallest absolute Gasteiger partial charge is 0.415 e. The fourth-order valence-electron chi connectivity index (χ4n) is 2.45. The van der Waals surface area contributed by atoms with Gasteiger partial charge in [0.05, 0.1) is 0 Å². The minimum absolute atomic E-state index is 0.116. The molecular formula is C16H24N2O3. The van der Waals surface area contributed by atoms with E-state index in [2.05, 4.69) is 5.32 Å². The molecule has 21 heavy (non-hydrogen) atoms. The van der Waals surface area contributed by atoms with Crippen molar-refractivity contribution >= 4 is 11.8 Å². The minimum atomic E-state index is -0.529. The molecule has 2 rings (SSSR count). The van der Waals surface area contributed by atoms with E-state index in [1.54, 1.807) is 29.2 Å². The molecular weight excluding hydrogens is 268 g/mol. The Labute approximate surface area is 125 Å². The molecule has 1 aliphatic rings. The summed E-state index contributed by atoms with van der Waals surface area (Å²) in [5.74, 6) is 0.188. The molecule has 0 aliphatic carbocycles. The molecule has 0 spiro atoms. The SMILES string of the molecule is CC(C)(C)OC(=O)N(c1ccc(O)cc1)C1CCNCC1. The van der Waals surface area contributed by atoms with E-state index in [4.69, 9.17) is 4.74 Å². The maximum atomic E-state index is 12.6. The fraction of sp³-hybridized carbons (Fsp3) is 0.562. The second-order valence-corrected chi connectivity index (χ2v) is 6.35. The zero-order valence-corrected chi connectivity index (χ0v) is 12.9. The molecule has 0 saturated carbocycles. The third-order valence-electron chi connectivity index (χ3n) is 3.39. The highest BCUT2D eigenvalue weighted by molar-refractivity contribution is 5.88. The highest BCUT2D eigenvalue weighted by Gasteiger charge is 2.30. The van der Waals surface area contributed by atoms with E-state index in [0.29, 0.717) is 0 Å². The first kappa shape index (κ1) is 15.6. The standard InChI is InChI=1S/C16H24N2O3/c1-16(2,3)21-15(20)18(13-8-10-17-11-9-13)12-4-6-14(19)7-5-12/h4-7,13,17,19H,8-11H2,1-3H3. The van der Waals surface area contributed by atoms with Gasteiger partial charge in [0.2, 0.25) is 0 Å². The van der Waals surface area contributed by atoms with Crippen LogP contribution in [0.5, 0.6) is 5.75 Å². The number of rotatable bonds is 2. The minimum Gasteiger partial charge on any atom is -0.508 e. The number of carbonyl (C=O) groups is 1. The first-order chi connectivity index (χ1) is 9.87. The third kappa shape index (κ3) is 4.36. The summed E-state index contributed by atoms with van der Waals surface area (Å²) in [6.07, 6.45) is 1.44. The monoisotopic (exact) mass is 292 g/mol. The molecule has 1 fully saturated rings. The topological polar surface area (TPSA) is 61.8 Å². The van der Waals surface area contributed by atoms with Crippen LogP contribution in [0.4, 0.5) is 10.5 Å². The molecule has 5 heteroatoms. The number of hydrogen-bond acceptors (Lipinski definition) is 4. The van der Waals surface area contributed by atoms with Gasteiger partial charge in [-0.05, 0) is 71.0 Å². The maximum Gasteiger partial charge on any atom is 0.415 e. The highest BCUT2D eigenvalue weighted by Crippen LogP contribution is 2.26. The Morgan fingerprint density at radius 3 is 2.33 bits per heavy atom. The van der Waals surface area contributed by atoms with E-state index in [0.717, 1.165) is 31.6 Å². The highest BCUT2D eigenvalue weighted by atomic mass is 16.6. The van der Waals surface area contributed by atoms with Crippen LogP contribution >= 0.6 is 0 Å². The summed E-state index contributed by atoms with van der Waals surface area (Å²) in [5.41, 5.74) is 0.230. The Morgan fingerprint density at radius 2 is 1.81 bits per heavy atom. The molecule has 1 heterocycles. The summed E-state index contributed by atoms with van der Waals surface area (Å²) in [6, 6.07) is 6.80. The van der Waals surface area contributed by atoms with Crippen molar-refractivity contribution in [3.63, 3.8) is 0 Å². The van der Waals surface area contributed by atoms with Crippen LogP contribution in [-0.2, 0) is 4.74 Å². The molecule has 0 radical (unpaired) electrons. The van der Waals surface area contributed by atoms with Gasteiger partial charge in [-0.2, -0.15) is 0 Å². The van der Waals surface area contributed by atoms with E-state index in [1.807, 2.05) is 20.8 Å². The second kappa shape index (κ2) is 6.35. The first-order valence-corrected chi connectivity index (χ1v) is 7.39. The second-order valence-electron chi connectivity index (χ2n) is 6.35. The van der Waals surface area contributed by atoms with Gasteiger partial charge >= 0.3 is 6.09 Å². The van der Waals surface area contributed by atoms with E-state index < -0.39 is 5.60 Å². The Morgan fingerprint density at radius 1 is 1.24 bits per heavy atom. The summed E-state index contributed by atoms with van der Waals surface area (Å²) in [7, 11) is 0. The average Bonchev–Trinajstić information content (AvgIpc) is 2.40. The summed E-state index contributed by atoms with van der Waals surface area (Å²) in [6.45, 7) is 7.37. The Hall–Kier alpha value is -1.75. The lowest BCUT2D eigenvalue weighted by molar-refractivity contribution is 0.0559. The van der Waals surface area contributed by atoms with Gasteiger partial charge in [0.15, 0.2) is 0 Å². The van der Waals surface area contributed by atoms with Crippen molar-refractivity contribution in [2.45, 2.75) is 45.3 Å². The van der Waals surface area contributed by atoms with Gasteiger partial charge in [-0.25, -0.2) is 4.79 Å². The van der Waals surface area contributed by atoms with Crippen molar-refractivity contribution in [1.82, 2.24) is 5.32 Å². The number of nitrogens with zero attached hydrogens (tertiary/aromatic N) is 1. The van der Waals surface area contributed by atoms with Gasteiger partial charge in [0.25, 0.3) is 0 Å². The number of carbonyl (C=O) groups excluding carboxylic acids is 1. The lowest BCUT2D eigenvalue weighted by Crippen LogP contribution is -2.48. The molecule has 0 aromatic heterocycles. The predicted octanol–water partition coefficient (Wildman–Crippen LogP) is 2.89. The number of phenolic OH excluding ortho intramolecular Hbond substituents is 1. The molecule has 0 unspecified atom stereocenters. The van der Waals surface area contributed by atoms with E-state index in [-0.39, 0.29) is 17.9 Å². The van der Waals surface area contributed by atoms with Crippen molar-refractivity contribution in [2.75, 3.05) is 18.0 Å². The van der Waals surface area contributed by atoms with Crippen LogP contribution in [0.1, 0.15) is 33.6 Å². The molecule has 2 N–H and O–H groups in total. The van der Waals surface area contributed by atoms with Crippen LogP contribution < -0.4 is 10.2 Å². The third-order valence-corrected chi connectivity index (χ3v) is 3.39. The number of phenols is 1. The summed E-state index contributed by atoms with van der Waals surface area (Å²) in [4.78, 5) is 14.3. The van der Waals surface area contributed by atoms with Crippen molar-refractivity contribution < 1.29 is 14.6 Å². The summed E-state index contributed by atoms with van der Waals surface area (Å²) < 4.78 is 5.54. The molecule has 1 saturated heterocycles. The average molecular weight is 292 g/mol. The molecule has 1 amide bonds. The molecule has 5 nitrogen and oxygen atoms in total. The largest absolute Gasteiger partial charge is 0.508 e. The number of nitrogens with one attached hydrogen (secondary N) is 1. The lowest BCUT2D eigenvalue weighted by Gasteiger charge is -2.35. The van der Waals surface area contributed by atoms with E-state index >= 15 is 0 Å². The van der Waals surface area contributed by atoms with Crippen LogP contribution in [-0.4, -0.2) is 35.9 Å². The zero-order valence-electron chi connectivity index (χ0n) is 12.9. The van der Waals surface area contributed by atoms with Crippen molar-refractivity contribution in [3.8, 4) is 5.75 Å². The van der Waals surface area contributed by atoms with Crippen LogP contribution in [0.25, 0.3) is 0 Å². The normalized spacial score (nSPS) is 16.5. The van der Waals surface area contributed by atoms with Gasteiger partial charge in [-0.15, -0.1) is 0 Å². The quantitative estimate of drug-likeness (QED) is 0.880. The number of hydrogen-bond donors (Lipinski definition) is 2. The number of ether oxygens (including phenoxy) is 1.